The van der Waals surface area contributed by atoms with Gasteiger partial charge in [0.1, 0.15) is 0 Å². The fourth-order valence-corrected chi connectivity index (χ4v) is 2.60. The van der Waals surface area contributed by atoms with Crippen molar-refractivity contribution in [1.29, 1.82) is 0 Å². The zero-order valence-corrected chi connectivity index (χ0v) is 9.54. The van der Waals surface area contributed by atoms with Crippen LogP contribution in [0.4, 0.5) is 0 Å². The van der Waals surface area contributed by atoms with Crippen LogP contribution in [0.15, 0.2) is 0 Å². The first kappa shape index (κ1) is 10.3. The Balaban J connectivity index is 2.43. The maximum atomic E-state index is 11.1. The van der Waals surface area contributed by atoms with Gasteiger partial charge < -0.3 is 4.74 Å². The molecule has 1 aliphatic rings. The second-order valence-electron chi connectivity index (χ2n) is 3.38. The van der Waals surface area contributed by atoms with Gasteiger partial charge in [-0.25, -0.2) is 0 Å². The number of carbonyl (C=O) groups is 1. The number of hydrogen-bond acceptors (Lipinski definition) is 2. The molecule has 1 saturated heterocycles. The molecule has 12 heavy (non-hydrogen) atoms. The summed E-state index contributed by atoms with van der Waals surface area (Å²) in [5, 5.41) is 0. The molecule has 0 aromatic heterocycles. The Morgan fingerprint density at radius 3 is 3.00 bits per heavy atom. The van der Waals surface area contributed by atoms with Gasteiger partial charge in [-0.2, -0.15) is 0 Å². The van der Waals surface area contributed by atoms with E-state index in [9.17, 15) is 4.79 Å². The summed E-state index contributed by atoms with van der Waals surface area (Å²) >= 11 is 2.45. The molecule has 0 saturated carbocycles. The molecule has 1 rings (SSSR count). The van der Waals surface area contributed by atoms with Crippen molar-refractivity contribution < 1.29 is 9.53 Å². The van der Waals surface area contributed by atoms with E-state index in [1.54, 1.807) is 0 Å². The highest BCUT2D eigenvalue weighted by molar-refractivity contribution is 14.1. The molecule has 1 fully saturated rings. The van der Waals surface area contributed by atoms with Crippen molar-refractivity contribution in [3.8, 4) is 0 Å². The molecular weight excluding hydrogens is 267 g/mol. The quantitative estimate of drug-likeness (QED) is 0.388. The molecule has 0 bridgehead atoms. The average molecular weight is 282 g/mol. The van der Waals surface area contributed by atoms with Gasteiger partial charge in [0, 0.05) is 10.3 Å². The van der Waals surface area contributed by atoms with E-state index in [0.717, 1.165) is 19.3 Å². The molecule has 3 heteroatoms. The van der Waals surface area contributed by atoms with Crippen LogP contribution in [0.3, 0.4) is 0 Å². The summed E-state index contributed by atoms with van der Waals surface area (Å²) in [5.74, 6) is -0.0204. The highest BCUT2D eigenvalue weighted by Crippen LogP contribution is 2.20. The van der Waals surface area contributed by atoms with Crippen LogP contribution < -0.4 is 0 Å². The molecule has 0 unspecified atom stereocenters. The van der Waals surface area contributed by atoms with Gasteiger partial charge in [-0.1, -0.05) is 29.0 Å². The van der Waals surface area contributed by atoms with Crippen molar-refractivity contribution in [2.45, 2.75) is 49.1 Å². The van der Waals surface area contributed by atoms with Gasteiger partial charge in [-0.05, 0) is 26.2 Å². The van der Waals surface area contributed by atoms with Gasteiger partial charge in [0.25, 0.3) is 0 Å². The summed E-state index contributed by atoms with van der Waals surface area (Å²) in [5.41, 5.74) is 0. The smallest absolute Gasteiger partial charge is 0.306 e. The number of ether oxygens (including phenoxy) is 1. The molecule has 0 amide bonds. The SMILES string of the molecule is C[C@H]1C[C@@H](I)CCCCC(=O)O1. The number of hydrogen-bond donors (Lipinski definition) is 0. The zero-order chi connectivity index (χ0) is 8.97. The molecule has 0 aliphatic carbocycles. The van der Waals surface area contributed by atoms with E-state index in [2.05, 4.69) is 22.6 Å². The Labute approximate surface area is 87.2 Å². The fraction of sp³-hybridized carbons (Fsp3) is 0.889. The van der Waals surface area contributed by atoms with E-state index in [1.165, 1.54) is 6.42 Å². The van der Waals surface area contributed by atoms with Crippen LogP contribution in [0, 0.1) is 0 Å². The minimum absolute atomic E-state index is 0.0204. The van der Waals surface area contributed by atoms with Gasteiger partial charge in [-0.15, -0.1) is 0 Å². The number of rotatable bonds is 0. The zero-order valence-electron chi connectivity index (χ0n) is 7.38. The summed E-state index contributed by atoms with van der Waals surface area (Å²) in [6.07, 6.45) is 5.10. The largest absolute Gasteiger partial charge is 0.463 e. The Morgan fingerprint density at radius 1 is 1.50 bits per heavy atom. The van der Waals surface area contributed by atoms with Crippen LogP contribution in [0.2, 0.25) is 0 Å². The first-order valence-corrected chi connectivity index (χ1v) is 5.76. The second-order valence-corrected chi connectivity index (χ2v) is 5.14. The number of cyclic esters (lactones) is 1. The third-order valence-corrected chi connectivity index (χ3v) is 3.20. The van der Waals surface area contributed by atoms with E-state index in [1.807, 2.05) is 6.92 Å². The summed E-state index contributed by atoms with van der Waals surface area (Å²) in [7, 11) is 0. The first-order valence-electron chi connectivity index (χ1n) is 4.52. The molecule has 2 atom stereocenters. The van der Waals surface area contributed by atoms with Gasteiger partial charge in [-0.3, -0.25) is 4.79 Å². The Bertz CT molecular complexity index is 159. The summed E-state index contributed by atoms with van der Waals surface area (Å²) in [6.45, 7) is 1.98. The first-order chi connectivity index (χ1) is 5.68. The molecular formula is C9H15IO2. The Kier molecular flexibility index (Phi) is 4.32. The lowest BCUT2D eigenvalue weighted by molar-refractivity contribution is -0.148. The number of esters is 1. The van der Waals surface area contributed by atoms with Gasteiger partial charge in [0.2, 0.25) is 0 Å². The molecule has 0 aromatic carbocycles. The maximum Gasteiger partial charge on any atom is 0.306 e. The predicted octanol–water partition coefficient (Wildman–Crippen LogP) is 2.69. The highest BCUT2D eigenvalue weighted by atomic mass is 127. The molecule has 1 aliphatic heterocycles. The highest BCUT2D eigenvalue weighted by Gasteiger charge is 2.16. The summed E-state index contributed by atoms with van der Waals surface area (Å²) < 4.78 is 5.87. The van der Waals surface area contributed by atoms with Crippen molar-refractivity contribution in [2.24, 2.45) is 0 Å². The fourth-order valence-electron chi connectivity index (χ4n) is 1.44. The lowest BCUT2D eigenvalue weighted by Crippen LogP contribution is -2.16. The molecule has 0 N–H and O–H groups in total. The van der Waals surface area contributed by atoms with Gasteiger partial charge >= 0.3 is 5.97 Å². The molecule has 70 valence electrons. The number of halogens is 1. The van der Waals surface area contributed by atoms with E-state index in [-0.39, 0.29) is 12.1 Å². The van der Waals surface area contributed by atoms with E-state index < -0.39 is 0 Å². The summed E-state index contributed by atoms with van der Waals surface area (Å²) in [4.78, 5) is 11.1. The topological polar surface area (TPSA) is 26.3 Å². The second kappa shape index (κ2) is 5.04. The minimum atomic E-state index is -0.0204. The monoisotopic (exact) mass is 282 g/mol. The predicted molar refractivity (Wildman–Crippen MR) is 56.4 cm³/mol. The molecule has 2 nitrogen and oxygen atoms in total. The molecule has 0 aromatic rings. The summed E-state index contributed by atoms with van der Waals surface area (Å²) in [6, 6.07) is 0. The number of carbonyl (C=O) groups excluding carboxylic acids is 1. The minimum Gasteiger partial charge on any atom is -0.463 e. The molecule has 1 heterocycles. The lowest BCUT2D eigenvalue weighted by Gasteiger charge is -2.14. The van der Waals surface area contributed by atoms with Crippen molar-refractivity contribution >= 4 is 28.6 Å². The van der Waals surface area contributed by atoms with E-state index in [0.29, 0.717) is 10.3 Å². The third-order valence-electron chi connectivity index (χ3n) is 2.07. The van der Waals surface area contributed by atoms with Crippen LogP contribution in [0.1, 0.15) is 39.0 Å². The van der Waals surface area contributed by atoms with Crippen molar-refractivity contribution in [3.05, 3.63) is 0 Å². The number of alkyl halides is 1. The van der Waals surface area contributed by atoms with Gasteiger partial charge in [0.15, 0.2) is 0 Å². The standard InChI is InChI=1S/C9H15IO2/c1-7-6-8(10)4-2-3-5-9(11)12-7/h7-8H,2-6H2,1H3/t7-,8-/m0/s1. The van der Waals surface area contributed by atoms with Crippen LogP contribution >= 0.6 is 22.6 Å². The van der Waals surface area contributed by atoms with Crippen LogP contribution in [-0.2, 0) is 9.53 Å². The maximum absolute atomic E-state index is 11.1. The van der Waals surface area contributed by atoms with Crippen molar-refractivity contribution in [3.63, 3.8) is 0 Å². The van der Waals surface area contributed by atoms with E-state index >= 15 is 0 Å². The average Bonchev–Trinajstić information content (AvgIpc) is 2.01. The molecule has 0 spiro atoms. The van der Waals surface area contributed by atoms with Crippen LogP contribution in [-0.4, -0.2) is 16.0 Å². The molecule has 0 radical (unpaired) electrons. The van der Waals surface area contributed by atoms with Crippen LogP contribution in [0.5, 0.6) is 0 Å². The Morgan fingerprint density at radius 2 is 2.25 bits per heavy atom. The normalized spacial score (nSPS) is 33.0. The van der Waals surface area contributed by atoms with Crippen LogP contribution in [0.25, 0.3) is 0 Å². The van der Waals surface area contributed by atoms with E-state index in [4.69, 9.17) is 4.74 Å². The Hall–Kier alpha value is 0.200. The van der Waals surface area contributed by atoms with Crippen molar-refractivity contribution in [1.82, 2.24) is 0 Å². The lowest BCUT2D eigenvalue weighted by atomic mass is 10.1. The van der Waals surface area contributed by atoms with Crippen molar-refractivity contribution in [2.75, 3.05) is 0 Å². The third kappa shape index (κ3) is 3.74. The van der Waals surface area contributed by atoms with Gasteiger partial charge in [0.05, 0.1) is 6.10 Å².